The monoisotopic (exact) mass is 338 g/mol. The minimum Gasteiger partial charge on any atom is -0.354 e. The lowest BCUT2D eigenvalue weighted by Crippen LogP contribution is -2.46. The Bertz CT molecular complexity index is 602. The van der Waals surface area contributed by atoms with Crippen LogP contribution in [0.3, 0.4) is 0 Å². The second kappa shape index (κ2) is 8.04. The summed E-state index contributed by atoms with van der Waals surface area (Å²) in [5.41, 5.74) is 1.55. The maximum absolute atomic E-state index is 12.9. The molecule has 0 aliphatic heterocycles. The molecule has 7 heteroatoms. The number of alkyl halides is 3. The number of hydrogen-bond donors (Lipinski definition) is 2. The molecule has 1 aromatic rings. The number of rotatable bonds is 3. The first kappa shape index (κ1) is 18.1. The molecule has 4 nitrogen and oxygen atoms in total. The molecule has 1 aliphatic rings. The van der Waals surface area contributed by atoms with Gasteiger partial charge in [-0.25, -0.2) is 0 Å². The Morgan fingerprint density at radius 1 is 1.29 bits per heavy atom. The fourth-order valence-electron chi connectivity index (χ4n) is 2.89. The number of nitriles is 1. The van der Waals surface area contributed by atoms with E-state index < -0.39 is 12.1 Å². The van der Waals surface area contributed by atoms with Gasteiger partial charge in [0.25, 0.3) is 0 Å². The molecule has 1 aliphatic carbocycles. The first-order valence-electron chi connectivity index (χ1n) is 7.95. The zero-order valence-electron chi connectivity index (χ0n) is 13.5. The molecule has 130 valence electrons. The van der Waals surface area contributed by atoms with Crippen molar-refractivity contribution in [1.29, 1.82) is 5.26 Å². The molecule has 0 aromatic heterocycles. The number of nitrogens with one attached hydrogen (secondary N) is 2. The SMILES string of the molecule is CN=C(NCc1ccc(C#N)cc1)NC1CCCC(C(F)(F)F)C1. The van der Waals surface area contributed by atoms with Crippen molar-refractivity contribution in [1.82, 2.24) is 10.6 Å². The summed E-state index contributed by atoms with van der Waals surface area (Å²) < 4.78 is 38.6. The Morgan fingerprint density at radius 3 is 2.58 bits per heavy atom. The van der Waals surface area contributed by atoms with E-state index in [1.165, 1.54) is 0 Å². The molecule has 2 atom stereocenters. The fraction of sp³-hybridized carbons (Fsp3) is 0.529. The molecular formula is C17H21F3N4. The Labute approximate surface area is 139 Å². The topological polar surface area (TPSA) is 60.2 Å². The maximum Gasteiger partial charge on any atom is 0.391 e. The van der Waals surface area contributed by atoms with Crippen LogP contribution in [0.1, 0.15) is 36.8 Å². The molecule has 0 heterocycles. The number of guanidine groups is 1. The molecular weight excluding hydrogens is 317 g/mol. The predicted molar refractivity (Wildman–Crippen MR) is 86.3 cm³/mol. The number of halogens is 3. The number of benzene rings is 1. The second-order valence-corrected chi connectivity index (χ2v) is 5.98. The number of nitrogens with zero attached hydrogens (tertiary/aromatic N) is 2. The normalized spacial score (nSPS) is 21.9. The lowest BCUT2D eigenvalue weighted by molar-refractivity contribution is -0.183. The van der Waals surface area contributed by atoms with E-state index in [4.69, 9.17) is 5.26 Å². The summed E-state index contributed by atoms with van der Waals surface area (Å²) >= 11 is 0. The van der Waals surface area contributed by atoms with E-state index in [1.807, 2.05) is 12.1 Å². The molecule has 2 N–H and O–H groups in total. The average Bonchev–Trinajstić information content (AvgIpc) is 2.58. The van der Waals surface area contributed by atoms with Crippen LogP contribution in [-0.2, 0) is 6.54 Å². The third-order valence-corrected chi connectivity index (χ3v) is 4.24. The number of hydrogen-bond acceptors (Lipinski definition) is 2. The highest BCUT2D eigenvalue weighted by Crippen LogP contribution is 2.37. The summed E-state index contributed by atoms with van der Waals surface area (Å²) in [6.45, 7) is 0.487. The molecule has 0 saturated heterocycles. The van der Waals surface area contributed by atoms with Crippen LogP contribution < -0.4 is 10.6 Å². The van der Waals surface area contributed by atoms with Gasteiger partial charge in [-0.3, -0.25) is 4.99 Å². The van der Waals surface area contributed by atoms with Gasteiger partial charge in [-0.15, -0.1) is 0 Å². The molecule has 2 unspecified atom stereocenters. The first-order valence-corrected chi connectivity index (χ1v) is 7.95. The highest BCUT2D eigenvalue weighted by Gasteiger charge is 2.42. The molecule has 1 aromatic carbocycles. The van der Waals surface area contributed by atoms with E-state index in [0.29, 0.717) is 30.9 Å². The fourth-order valence-corrected chi connectivity index (χ4v) is 2.89. The van der Waals surface area contributed by atoms with Crippen LogP contribution in [0.15, 0.2) is 29.3 Å². The first-order chi connectivity index (χ1) is 11.4. The van der Waals surface area contributed by atoms with E-state index in [1.54, 1.807) is 19.2 Å². The van der Waals surface area contributed by atoms with Gasteiger partial charge in [0.15, 0.2) is 5.96 Å². The quantitative estimate of drug-likeness (QED) is 0.656. The van der Waals surface area contributed by atoms with Crippen molar-refractivity contribution in [3.63, 3.8) is 0 Å². The van der Waals surface area contributed by atoms with Gasteiger partial charge in [0.2, 0.25) is 0 Å². The molecule has 1 fully saturated rings. The molecule has 1 saturated carbocycles. The summed E-state index contributed by atoms with van der Waals surface area (Å²) in [6, 6.07) is 8.94. The van der Waals surface area contributed by atoms with Crippen LogP contribution >= 0.6 is 0 Å². The second-order valence-electron chi connectivity index (χ2n) is 5.98. The molecule has 0 bridgehead atoms. The third-order valence-electron chi connectivity index (χ3n) is 4.24. The summed E-state index contributed by atoms with van der Waals surface area (Å²) in [6.07, 6.45) is -2.56. The zero-order chi connectivity index (χ0) is 17.6. The maximum atomic E-state index is 12.9. The Hall–Kier alpha value is -2.23. The smallest absolute Gasteiger partial charge is 0.354 e. The lowest BCUT2D eigenvalue weighted by Gasteiger charge is -2.31. The van der Waals surface area contributed by atoms with Gasteiger partial charge in [0.1, 0.15) is 0 Å². The minimum atomic E-state index is -4.13. The molecule has 2 rings (SSSR count). The molecule has 0 amide bonds. The van der Waals surface area contributed by atoms with E-state index in [2.05, 4.69) is 21.7 Å². The van der Waals surface area contributed by atoms with Crippen LogP contribution in [0.25, 0.3) is 0 Å². The van der Waals surface area contributed by atoms with Gasteiger partial charge in [0, 0.05) is 19.6 Å². The van der Waals surface area contributed by atoms with Crippen LogP contribution in [0.2, 0.25) is 0 Å². The van der Waals surface area contributed by atoms with Gasteiger partial charge in [-0.05, 0) is 37.0 Å². The summed E-state index contributed by atoms with van der Waals surface area (Å²) in [7, 11) is 1.60. The van der Waals surface area contributed by atoms with Crippen molar-refractivity contribution >= 4 is 5.96 Å². The van der Waals surface area contributed by atoms with Crippen molar-refractivity contribution in [3.05, 3.63) is 35.4 Å². The van der Waals surface area contributed by atoms with Crippen LogP contribution in [0.4, 0.5) is 13.2 Å². The van der Waals surface area contributed by atoms with Crippen molar-refractivity contribution in [3.8, 4) is 6.07 Å². The van der Waals surface area contributed by atoms with Crippen LogP contribution in [-0.4, -0.2) is 25.2 Å². The van der Waals surface area contributed by atoms with Crippen molar-refractivity contribution in [2.75, 3.05) is 7.05 Å². The van der Waals surface area contributed by atoms with E-state index in [-0.39, 0.29) is 18.9 Å². The van der Waals surface area contributed by atoms with Gasteiger partial charge in [-0.1, -0.05) is 18.6 Å². The van der Waals surface area contributed by atoms with Crippen LogP contribution in [0.5, 0.6) is 0 Å². The average molecular weight is 338 g/mol. The van der Waals surface area contributed by atoms with E-state index in [9.17, 15) is 13.2 Å². The third kappa shape index (κ3) is 5.15. The van der Waals surface area contributed by atoms with Crippen molar-refractivity contribution in [2.45, 2.75) is 44.4 Å². The molecule has 0 spiro atoms. The summed E-state index contributed by atoms with van der Waals surface area (Å²) in [5.74, 6) is -0.743. The molecule has 0 radical (unpaired) electrons. The Balaban J connectivity index is 1.86. The number of aliphatic imine (C=N–C) groups is 1. The van der Waals surface area contributed by atoms with Crippen molar-refractivity contribution < 1.29 is 13.2 Å². The standard InChI is InChI=1S/C17H21F3N4/c1-22-16(23-11-13-7-5-12(10-21)6-8-13)24-15-4-2-3-14(9-15)17(18,19)20/h5-8,14-15H,2-4,9,11H2,1H3,(H2,22,23,24). The van der Waals surface area contributed by atoms with Crippen LogP contribution in [0, 0.1) is 17.2 Å². The largest absolute Gasteiger partial charge is 0.391 e. The summed E-state index contributed by atoms with van der Waals surface area (Å²) in [4.78, 5) is 4.08. The highest BCUT2D eigenvalue weighted by atomic mass is 19.4. The van der Waals surface area contributed by atoms with E-state index in [0.717, 1.165) is 5.56 Å². The van der Waals surface area contributed by atoms with Crippen molar-refractivity contribution in [2.24, 2.45) is 10.9 Å². The van der Waals surface area contributed by atoms with Gasteiger partial charge >= 0.3 is 6.18 Å². The van der Waals surface area contributed by atoms with Gasteiger partial charge in [-0.2, -0.15) is 18.4 Å². The highest BCUT2D eigenvalue weighted by molar-refractivity contribution is 5.79. The summed E-state index contributed by atoms with van der Waals surface area (Å²) in [5, 5.41) is 15.0. The van der Waals surface area contributed by atoms with E-state index >= 15 is 0 Å². The molecule has 24 heavy (non-hydrogen) atoms. The zero-order valence-corrected chi connectivity index (χ0v) is 13.5. The Kier molecular flexibility index (Phi) is 6.07. The Morgan fingerprint density at radius 2 is 2.00 bits per heavy atom. The minimum absolute atomic E-state index is 0.0844. The van der Waals surface area contributed by atoms with Gasteiger partial charge in [0.05, 0.1) is 17.6 Å². The lowest BCUT2D eigenvalue weighted by atomic mass is 9.85. The predicted octanol–water partition coefficient (Wildman–Crippen LogP) is 3.34. The van der Waals surface area contributed by atoms with Gasteiger partial charge < -0.3 is 10.6 Å².